The first-order valence-corrected chi connectivity index (χ1v) is 11.8. The molecule has 3 aromatic heterocycles. The second-order valence-corrected chi connectivity index (χ2v) is 12.7. The van der Waals surface area contributed by atoms with Crippen LogP contribution in [0.5, 0.6) is 0 Å². The third-order valence-electron chi connectivity index (χ3n) is 3.75. The van der Waals surface area contributed by atoms with E-state index < -0.39 is 8.07 Å². The minimum absolute atomic E-state index is 0.400. The smallest absolute Gasteiger partial charge is 0.164 e. The summed E-state index contributed by atoms with van der Waals surface area (Å²) in [6, 6.07) is 5.03. The third-order valence-corrected chi connectivity index (χ3v) is 5.46. The molecule has 126 valence electrons. The van der Waals surface area contributed by atoms with Gasteiger partial charge in [0.2, 0.25) is 0 Å². The summed E-state index contributed by atoms with van der Waals surface area (Å²) >= 11 is 0. The Morgan fingerprint density at radius 3 is 2.75 bits per heavy atom. The quantitative estimate of drug-likeness (QED) is 0.507. The van der Waals surface area contributed by atoms with Crippen molar-refractivity contribution in [2.75, 3.05) is 6.61 Å². The van der Waals surface area contributed by atoms with Gasteiger partial charge in [0, 0.05) is 38.8 Å². The van der Waals surface area contributed by atoms with Crippen LogP contribution in [-0.2, 0) is 11.5 Å². The van der Waals surface area contributed by atoms with Crippen LogP contribution in [0.2, 0.25) is 25.7 Å². The lowest BCUT2D eigenvalue weighted by Gasteiger charge is -2.15. The van der Waals surface area contributed by atoms with E-state index in [2.05, 4.69) is 34.6 Å². The van der Waals surface area contributed by atoms with Crippen LogP contribution in [0, 0.1) is 6.92 Å². The van der Waals surface area contributed by atoms with Gasteiger partial charge < -0.3 is 4.74 Å². The molecule has 0 aromatic carbocycles. The van der Waals surface area contributed by atoms with Crippen LogP contribution >= 0.6 is 0 Å². The van der Waals surface area contributed by atoms with Gasteiger partial charge in [0.1, 0.15) is 18.2 Å². The lowest BCUT2D eigenvalue weighted by molar-refractivity contribution is 0.0814. The Kier molecular flexibility index (Phi) is 4.73. The molecule has 3 heterocycles. The zero-order valence-electron chi connectivity index (χ0n) is 14.7. The third kappa shape index (κ3) is 3.85. The highest BCUT2D eigenvalue weighted by atomic mass is 28.3. The van der Waals surface area contributed by atoms with Crippen LogP contribution in [0.25, 0.3) is 22.3 Å². The molecule has 0 saturated carbocycles. The zero-order valence-corrected chi connectivity index (χ0v) is 15.7. The van der Waals surface area contributed by atoms with Gasteiger partial charge in [-0.1, -0.05) is 19.6 Å². The van der Waals surface area contributed by atoms with Crippen LogP contribution in [0.15, 0.2) is 30.7 Å². The fraction of sp³-hybridized carbons (Fsp3) is 0.412. The zero-order chi connectivity index (χ0) is 17.2. The van der Waals surface area contributed by atoms with Crippen molar-refractivity contribution >= 4 is 19.1 Å². The van der Waals surface area contributed by atoms with Crippen LogP contribution in [0.4, 0.5) is 0 Å². The van der Waals surface area contributed by atoms with E-state index in [4.69, 9.17) is 9.84 Å². The van der Waals surface area contributed by atoms with Crippen molar-refractivity contribution < 1.29 is 4.74 Å². The molecule has 0 amide bonds. The maximum atomic E-state index is 5.85. The number of rotatable bonds is 6. The molecule has 3 aromatic rings. The summed E-state index contributed by atoms with van der Waals surface area (Å²) < 4.78 is 7.67. The van der Waals surface area contributed by atoms with Gasteiger partial charge in [-0.25, -0.2) is 14.6 Å². The van der Waals surface area contributed by atoms with Crippen molar-refractivity contribution in [2.45, 2.75) is 39.3 Å². The summed E-state index contributed by atoms with van der Waals surface area (Å²) in [7, 11) is -1.09. The van der Waals surface area contributed by atoms with Gasteiger partial charge in [-0.15, -0.1) is 0 Å². The molecular weight excluding hydrogens is 318 g/mol. The van der Waals surface area contributed by atoms with Crippen molar-refractivity contribution in [3.8, 4) is 11.3 Å². The van der Waals surface area contributed by atoms with Crippen molar-refractivity contribution in [3.63, 3.8) is 0 Å². The van der Waals surface area contributed by atoms with Crippen LogP contribution < -0.4 is 0 Å². The number of ether oxygens (including phenoxy) is 1. The number of pyridine rings is 1. The van der Waals surface area contributed by atoms with E-state index in [0.29, 0.717) is 6.73 Å². The highest BCUT2D eigenvalue weighted by Gasteiger charge is 2.16. The molecule has 0 spiro atoms. The largest absolute Gasteiger partial charge is 0.359 e. The van der Waals surface area contributed by atoms with Gasteiger partial charge in [-0.05, 0) is 25.1 Å². The first kappa shape index (κ1) is 16.7. The number of hydrogen-bond donors (Lipinski definition) is 0. The van der Waals surface area contributed by atoms with E-state index in [1.807, 2.05) is 29.9 Å². The fourth-order valence-electron chi connectivity index (χ4n) is 2.38. The summed E-state index contributed by atoms with van der Waals surface area (Å²) in [5, 5.41) is 5.61. The van der Waals surface area contributed by atoms with Crippen LogP contribution in [0.1, 0.15) is 5.82 Å². The Balaban J connectivity index is 1.89. The van der Waals surface area contributed by atoms with E-state index >= 15 is 0 Å². The standard InChI is InChI=1S/C17H23N5OSi/c1-13-19-11-15-16(14-6-5-7-18-10-14)21-22(17(15)20-13)12-23-8-9-24(2,3)4/h5-7,10-11H,8-9,12H2,1-4H3. The summed E-state index contributed by atoms with van der Waals surface area (Å²) in [5.74, 6) is 0.725. The Hall–Kier alpha value is -2.12. The van der Waals surface area contributed by atoms with E-state index in [1.165, 1.54) is 0 Å². The monoisotopic (exact) mass is 341 g/mol. The summed E-state index contributed by atoms with van der Waals surface area (Å²) in [5.41, 5.74) is 2.59. The van der Waals surface area contributed by atoms with Crippen molar-refractivity contribution in [2.24, 2.45) is 0 Å². The molecule has 0 N–H and O–H groups in total. The molecule has 7 heteroatoms. The Morgan fingerprint density at radius 1 is 1.21 bits per heavy atom. The first-order valence-electron chi connectivity index (χ1n) is 8.12. The SMILES string of the molecule is Cc1ncc2c(-c3cccnc3)nn(COCC[Si](C)(C)C)c2n1. The molecule has 0 saturated heterocycles. The first-order chi connectivity index (χ1) is 11.4. The van der Waals surface area contributed by atoms with Gasteiger partial charge in [0.15, 0.2) is 5.65 Å². The van der Waals surface area contributed by atoms with Crippen molar-refractivity contribution in [3.05, 3.63) is 36.5 Å². The van der Waals surface area contributed by atoms with Gasteiger partial charge in [0.25, 0.3) is 0 Å². The lowest BCUT2D eigenvalue weighted by Crippen LogP contribution is -2.22. The van der Waals surface area contributed by atoms with Crippen LogP contribution in [0.3, 0.4) is 0 Å². The highest BCUT2D eigenvalue weighted by Crippen LogP contribution is 2.26. The molecule has 0 unspecified atom stereocenters. The maximum Gasteiger partial charge on any atom is 0.164 e. The van der Waals surface area contributed by atoms with Gasteiger partial charge in [-0.2, -0.15) is 5.10 Å². The maximum absolute atomic E-state index is 5.85. The van der Waals surface area contributed by atoms with E-state index in [1.54, 1.807) is 12.4 Å². The predicted molar refractivity (Wildman–Crippen MR) is 97.4 cm³/mol. The number of aryl methyl sites for hydroxylation is 1. The summed E-state index contributed by atoms with van der Waals surface area (Å²) in [6.07, 6.45) is 5.38. The molecule has 6 nitrogen and oxygen atoms in total. The molecular formula is C17H23N5OSi. The van der Waals surface area contributed by atoms with E-state index in [9.17, 15) is 0 Å². The van der Waals surface area contributed by atoms with Gasteiger partial charge >= 0.3 is 0 Å². The molecule has 0 aliphatic carbocycles. The molecule has 0 aliphatic heterocycles. The minimum atomic E-state index is -1.09. The van der Waals surface area contributed by atoms with E-state index in [-0.39, 0.29) is 0 Å². The molecule has 3 rings (SSSR count). The van der Waals surface area contributed by atoms with Crippen molar-refractivity contribution in [1.29, 1.82) is 0 Å². The molecule has 0 atom stereocenters. The second-order valence-electron chi connectivity index (χ2n) is 7.09. The average Bonchev–Trinajstić information content (AvgIpc) is 2.89. The van der Waals surface area contributed by atoms with Gasteiger partial charge in [-0.3, -0.25) is 4.98 Å². The molecule has 0 radical (unpaired) electrons. The molecule has 24 heavy (non-hydrogen) atoms. The predicted octanol–water partition coefficient (Wildman–Crippen LogP) is 3.51. The Labute approximate surface area is 142 Å². The average molecular weight is 341 g/mol. The number of nitrogens with zero attached hydrogens (tertiary/aromatic N) is 5. The van der Waals surface area contributed by atoms with Crippen molar-refractivity contribution in [1.82, 2.24) is 24.7 Å². The number of hydrogen-bond acceptors (Lipinski definition) is 5. The molecule has 0 fully saturated rings. The fourth-order valence-corrected chi connectivity index (χ4v) is 3.14. The molecule has 0 aliphatic rings. The number of fused-ring (bicyclic) bond motifs is 1. The Bertz CT molecular complexity index is 826. The topological polar surface area (TPSA) is 65.7 Å². The summed E-state index contributed by atoms with van der Waals surface area (Å²) in [6.45, 7) is 10.1. The highest BCUT2D eigenvalue weighted by molar-refractivity contribution is 6.76. The number of aromatic nitrogens is 5. The van der Waals surface area contributed by atoms with Crippen LogP contribution in [-0.4, -0.2) is 39.4 Å². The van der Waals surface area contributed by atoms with E-state index in [0.717, 1.165) is 40.8 Å². The summed E-state index contributed by atoms with van der Waals surface area (Å²) in [4.78, 5) is 13.0. The second kappa shape index (κ2) is 6.78. The Morgan fingerprint density at radius 2 is 2.04 bits per heavy atom. The molecule has 0 bridgehead atoms. The normalized spacial score (nSPS) is 12.0. The lowest BCUT2D eigenvalue weighted by atomic mass is 10.2. The van der Waals surface area contributed by atoms with Gasteiger partial charge in [0.05, 0.1) is 5.39 Å². The minimum Gasteiger partial charge on any atom is -0.359 e.